The van der Waals surface area contributed by atoms with Crippen molar-refractivity contribution in [3.05, 3.63) is 35.1 Å². The molecule has 0 aromatic heterocycles. The molecule has 0 radical (unpaired) electrons. The lowest BCUT2D eigenvalue weighted by molar-refractivity contribution is 0.0876. The van der Waals surface area contributed by atoms with Gasteiger partial charge in [0.05, 0.1) is 0 Å². The smallest absolute Gasteiger partial charge is 0.128 e. The number of hydrogen-bond acceptors (Lipinski definition) is 3. The van der Waals surface area contributed by atoms with Crippen LogP contribution in [-0.4, -0.2) is 54.2 Å². The van der Waals surface area contributed by atoms with Crippen LogP contribution < -0.4 is 0 Å². The fraction of sp³-hybridized carbons (Fsp3) is 0.529. The Labute approximate surface area is 126 Å². The van der Waals surface area contributed by atoms with Crippen molar-refractivity contribution in [3.63, 3.8) is 0 Å². The molecule has 0 aliphatic carbocycles. The molecule has 3 nitrogen and oxygen atoms in total. The number of nitrogens with zero attached hydrogens (tertiary/aromatic N) is 2. The number of rotatable bonds is 3. The second kappa shape index (κ2) is 7.56. The van der Waals surface area contributed by atoms with Crippen LogP contribution in [0, 0.1) is 17.7 Å². The first-order chi connectivity index (χ1) is 10.1. The van der Waals surface area contributed by atoms with Crippen LogP contribution in [0.25, 0.3) is 0 Å². The van der Waals surface area contributed by atoms with Gasteiger partial charge in [0.15, 0.2) is 0 Å². The monoisotopic (exact) mass is 290 g/mol. The van der Waals surface area contributed by atoms with Gasteiger partial charge >= 0.3 is 0 Å². The molecule has 1 saturated heterocycles. The molecule has 2 rings (SSSR count). The number of likely N-dealkylation sites (N-methyl/N-ethyl adjacent to an activating group) is 1. The Morgan fingerprint density at radius 3 is 2.86 bits per heavy atom. The van der Waals surface area contributed by atoms with Gasteiger partial charge < -0.3 is 10.0 Å². The van der Waals surface area contributed by atoms with E-state index in [0.29, 0.717) is 23.7 Å². The van der Waals surface area contributed by atoms with Gasteiger partial charge in [-0.05, 0) is 25.6 Å². The second-order valence-corrected chi connectivity index (χ2v) is 5.54. The summed E-state index contributed by atoms with van der Waals surface area (Å²) in [4.78, 5) is 4.69. The molecule has 114 valence electrons. The molecule has 1 atom stereocenters. The quantitative estimate of drug-likeness (QED) is 0.858. The lowest BCUT2D eigenvalue weighted by Gasteiger charge is -2.39. The van der Waals surface area contributed by atoms with Gasteiger partial charge in [0.2, 0.25) is 0 Å². The molecule has 0 bridgehead atoms. The Morgan fingerprint density at radius 1 is 1.38 bits per heavy atom. The average Bonchev–Trinajstić information content (AvgIpc) is 2.49. The summed E-state index contributed by atoms with van der Waals surface area (Å²) in [5.74, 6) is 5.05. The van der Waals surface area contributed by atoms with Crippen LogP contribution in [0.1, 0.15) is 24.5 Å². The van der Waals surface area contributed by atoms with Gasteiger partial charge in [-0.15, -0.1) is 0 Å². The fourth-order valence-corrected chi connectivity index (χ4v) is 2.73. The maximum absolute atomic E-state index is 14.1. The van der Waals surface area contributed by atoms with Crippen molar-refractivity contribution in [2.24, 2.45) is 0 Å². The van der Waals surface area contributed by atoms with Crippen LogP contribution in [0.5, 0.6) is 0 Å². The molecule has 0 amide bonds. The van der Waals surface area contributed by atoms with Crippen LogP contribution >= 0.6 is 0 Å². The molecule has 1 aliphatic heterocycles. The lowest BCUT2D eigenvalue weighted by Crippen LogP contribution is -2.50. The third kappa shape index (κ3) is 4.28. The highest BCUT2D eigenvalue weighted by molar-refractivity contribution is 5.37. The van der Waals surface area contributed by atoms with Gasteiger partial charge in [-0.25, -0.2) is 4.39 Å². The van der Waals surface area contributed by atoms with Gasteiger partial charge in [0.1, 0.15) is 12.4 Å². The second-order valence-electron chi connectivity index (χ2n) is 5.54. The summed E-state index contributed by atoms with van der Waals surface area (Å²) in [7, 11) is 2.15. The summed E-state index contributed by atoms with van der Waals surface area (Å²) < 4.78 is 14.1. The maximum Gasteiger partial charge on any atom is 0.128 e. The summed E-state index contributed by atoms with van der Waals surface area (Å²) in [5, 5.41) is 8.66. The molecule has 1 unspecified atom stereocenters. The molecule has 1 aromatic rings. The molecular formula is C17H23FN2O. The number of hydrogen-bond donors (Lipinski definition) is 1. The molecular weight excluding hydrogens is 267 g/mol. The molecule has 21 heavy (non-hydrogen) atoms. The zero-order valence-corrected chi connectivity index (χ0v) is 12.8. The van der Waals surface area contributed by atoms with Crippen molar-refractivity contribution in [1.29, 1.82) is 0 Å². The van der Waals surface area contributed by atoms with E-state index in [-0.39, 0.29) is 12.4 Å². The van der Waals surface area contributed by atoms with E-state index in [9.17, 15) is 4.39 Å². The number of piperazine rings is 1. The average molecular weight is 290 g/mol. The highest BCUT2D eigenvalue weighted by Crippen LogP contribution is 2.16. The van der Waals surface area contributed by atoms with E-state index in [4.69, 9.17) is 5.11 Å². The number of benzene rings is 1. The standard InChI is InChI=1S/C17H23FN2O/c1-3-16-13-20(9-8-19(16)2)12-15-7-6-14(5-4-10-21)11-17(15)18/h6-7,11,16,21H,3,8-10,12-13H2,1-2H3. The van der Waals surface area contributed by atoms with Gasteiger partial charge in [0, 0.05) is 43.3 Å². The number of halogens is 1. The molecule has 1 fully saturated rings. The zero-order chi connectivity index (χ0) is 15.2. The predicted octanol–water partition coefficient (Wildman–Crippen LogP) is 1.70. The van der Waals surface area contributed by atoms with Gasteiger partial charge in [-0.1, -0.05) is 24.8 Å². The van der Waals surface area contributed by atoms with E-state index in [0.717, 1.165) is 26.1 Å². The van der Waals surface area contributed by atoms with Crippen LogP contribution in [0.3, 0.4) is 0 Å². The molecule has 4 heteroatoms. The Morgan fingerprint density at radius 2 is 2.19 bits per heavy atom. The molecule has 1 N–H and O–H groups in total. The van der Waals surface area contributed by atoms with Crippen LogP contribution in [0.15, 0.2) is 18.2 Å². The minimum absolute atomic E-state index is 0.205. The van der Waals surface area contributed by atoms with Gasteiger partial charge in [-0.3, -0.25) is 4.90 Å². The largest absolute Gasteiger partial charge is 0.384 e. The van der Waals surface area contributed by atoms with Crippen LogP contribution in [0.4, 0.5) is 4.39 Å². The van der Waals surface area contributed by atoms with Crippen molar-refractivity contribution in [2.45, 2.75) is 25.9 Å². The Bertz CT molecular complexity index is 535. The van der Waals surface area contributed by atoms with E-state index in [1.165, 1.54) is 6.07 Å². The van der Waals surface area contributed by atoms with Crippen molar-refractivity contribution in [3.8, 4) is 11.8 Å². The summed E-state index contributed by atoms with van der Waals surface area (Å²) in [6.45, 7) is 5.62. The summed E-state index contributed by atoms with van der Waals surface area (Å²) in [6, 6.07) is 5.62. The number of aliphatic hydroxyl groups is 1. The van der Waals surface area contributed by atoms with E-state index in [1.54, 1.807) is 6.07 Å². The normalized spacial score (nSPS) is 20.1. The van der Waals surface area contributed by atoms with Crippen molar-refractivity contribution < 1.29 is 9.50 Å². The summed E-state index contributed by atoms with van der Waals surface area (Å²) >= 11 is 0. The first-order valence-corrected chi connectivity index (χ1v) is 7.44. The first kappa shape index (κ1) is 16.0. The predicted molar refractivity (Wildman–Crippen MR) is 82.3 cm³/mol. The first-order valence-electron chi connectivity index (χ1n) is 7.44. The molecule has 0 saturated carbocycles. The van der Waals surface area contributed by atoms with Crippen molar-refractivity contribution in [1.82, 2.24) is 9.80 Å². The van der Waals surface area contributed by atoms with E-state index in [1.807, 2.05) is 6.07 Å². The zero-order valence-electron chi connectivity index (χ0n) is 12.8. The Kier molecular flexibility index (Phi) is 5.75. The molecule has 1 heterocycles. The third-order valence-corrected chi connectivity index (χ3v) is 4.09. The highest BCUT2D eigenvalue weighted by Gasteiger charge is 2.23. The van der Waals surface area contributed by atoms with Crippen molar-refractivity contribution in [2.75, 3.05) is 33.3 Å². The lowest BCUT2D eigenvalue weighted by atomic mass is 10.1. The maximum atomic E-state index is 14.1. The number of aliphatic hydroxyl groups excluding tert-OH is 1. The molecule has 0 spiro atoms. The van der Waals surface area contributed by atoms with E-state index in [2.05, 4.69) is 35.6 Å². The Hall–Kier alpha value is -1.41. The highest BCUT2D eigenvalue weighted by atomic mass is 19.1. The fourth-order valence-electron chi connectivity index (χ4n) is 2.73. The van der Waals surface area contributed by atoms with E-state index >= 15 is 0 Å². The summed E-state index contributed by atoms with van der Waals surface area (Å²) in [6.07, 6.45) is 1.12. The van der Waals surface area contributed by atoms with Crippen LogP contribution in [0.2, 0.25) is 0 Å². The SMILES string of the molecule is CCC1CN(Cc2ccc(C#CCO)cc2F)CCN1C. The topological polar surface area (TPSA) is 26.7 Å². The third-order valence-electron chi connectivity index (χ3n) is 4.09. The van der Waals surface area contributed by atoms with Gasteiger partial charge in [-0.2, -0.15) is 0 Å². The van der Waals surface area contributed by atoms with Crippen molar-refractivity contribution >= 4 is 0 Å². The van der Waals surface area contributed by atoms with Gasteiger partial charge in [0.25, 0.3) is 0 Å². The van der Waals surface area contributed by atoms with E-state index < -0.39 is 0 Å². The summed E-state index contributed by atoms with van der Waals surface area (Å²) in [5.41, 5.74) is 1.32. The molecule has 1 aliphatic rings. The minimum atomic E-state index is -0.216. The van der Waals surface area contributed by atoms with Crippen LogP contribution in [-0.2, 0) is 6.54 Å². The molecule has 1 aromatic carbocycles. The Balaban J connectivity index is 2.03. The minimum Gasteiger partial charge on any atom is -0.384 e.